The number of furan rings is 1. The van der Waals surface area contributed by atoms with Gasteiger partial charge >= 0.3 is 5.97 Å². The summed E-state index contributed by atoms with van der Waals surface area (Å²) in [5.41, 5.74) is 0.114. The number of amides is 1. The van der Waals surface area contributed by atoms with Gasteiger partial charge in [-0.2, -0.15) is 0 Å². The van der Waals surface area contributed by atoms with Crippen LogP contribution in [0, 0.1) is 6.92 Å². The van der Waals surface area contributed by atoms with Gasteiger partial charge in [-0.3, -0.25) is 4.79 Å². The van der Waals surface area contributed by atoms with E-state index < -0.39 is 5.97 Å². The maximum Gasteiger partial charge on any atom is 0.339 e. The minimum Gasteiger partial charge on any atom is -0.494 e. The van der Waals surface area contributed by atoms with Gasteiger partial charge in [0.1, 0.15) is 22.8 Å². The summed E-state index contributed by atoms with van der Waals surface area (Å²) in [7, 11) is 0. The molecule has 0 aliphatic carbocycles. The molecule has 0 saturated carbocycles. The first-order valence-electron chi connectivity index (χ1n) is 7.44. The van der Waals surface area contributed by atoms with E-state index in [1.807, 2.05) is 31.2 Å². The smallest absolute Gasteiger partial charge is 0.339 e. The number of nitrogens with one attached hydrogen (secondary N) is 1. The van der Waals surface area contributed by atoms with Crippen molar-refractivity contribution in [1.29, 1.82) is 0 Å². The SMILES string of the molecule is CCOc1ccc(SCC(=O)NCc2cc(C(=O)O)c(C)o2)cc1. The first kappa shape index (κ1) is 17.9. The molecule has 0 aliphatic heterocycles. The normalized spacial score (nSPS) is 10.4. The number of thioether (sulfide) groups is 1. The Morgan fingerprint density at radius 2 is 2.00 bits per heavy atom. The molecule has 6 nitrogen and oxygen atoms in total. The zero-order valence-electron chi connectivity index (χ0n) is 13.5. The minimum absolute atomic E-state index is 0.114. The van der Waals surface area contributed by atoms with Gasteiger partial charge in [-0.25, -0.2) is 4.79 Å². The summed E-state index contributed by atoms with van der Waals surface area (Å²) < 4.78 is 10.7. The van der Waals surface area contributed by atoms with Crippen molar-refractivity contribution in [2.24, 2.45) is 0 Å². The van der Waals surface area contributed by atoms with Gasteiger partial charge in [0.15, 0.2) is 0 Å². The maximum absolute atomic E-state index is 11.9. The largest absolute Gasteiger partial charge is 0.494 e. The molecule has 2 N–H and O–H groups in total. The summed E-state index contributed by atoms with van der Waals surface area (Å²) in [6.07, 6.45) is 0. The number of benzene rings is 1. The highest BCUT2D eigenvalue weighted by Gasteiger charge is 2.14. The molecule has 24 heavy (non-hydrogen) atoms. The molecule has 0 atom stereocenters. The number of aryl methyl sites for hydroxylation is 1. The lowest BCUT2D eigenvalue weighted by molar-refractivity contribution is -0.118. The lowest BCUT2D eigenvalue weighted by Crippen LogP contribution is -2.24. The molecule has 0 radical (unpaired) electrons. The van der Waals surface area contributed by atoms with Gasteiger partial charge in [0, 0.05) is 4.90 Å². The van der Waals surface area contributed by atoms with Crippen molar-refractivity contribution in [3.8, 4) is 5.75 Å². The van der Waals surface area contributed by atoms with E-state index in [-0.39, 0.29) is 23.8 Å². The molecule has 0 bridgehead atoms. The first-order valence-corrected chi connectivity index (χ1v) is 8.43. The summed E-state index contributed by atoms with van der Waals surface area (Å²) >= 11 is 1.41. The Labute approximate surface area is 144 Å². The van der Waals surface area contributed by atoms with Gasteiger partial charge in [-0.1, -0.05) is 0 Å². The summed E-state index contributed by atoms with van der Waals surface area (Å²) in [5.74, 6) is 0.618. The lowest BCUT2D eigenvalue weighted by atomic mass is 10.2. The molecule has 0 unspecified atom stereocenters. The first-order chi connectivity index (χ1) is 11.5. The molecular weight excluding hydrogens is 330 g/mol. The number of carbonyl (C=O) groups excluding carboxylic acids is 1. The van der Waals surface area contributed by atoms with Crippen LogP contribution in [0.5, 0.6) is 5.75 Å². The second kappa shape index (κ2) is 8.44. The molecule has 7 heteroatoms. The lowest BCUT2D eigenvalue weighted by Gasteiger charge is -2.05. The van der Waals surface area contributed by atoms with Crippen LogP contribution in [0.25, 0.3) is 0 Å². The molecule has 0 fully saturated rings. The zero-order valence-corrected chi connectivity index (χ0v) is 14.3. The number of hydrogen-bond acceptors (Lipinski definition) is 5. The molecular formula is C17H19NO5S. The third-order valence-corrected chi connectivity index (χ3v) is 4.18. The number of hydrogen-bond donors (Lipinski definition) is 2. The fraction of sp³-hybridized carbons (Fsp3) is 0.294. The van der Waals surface area contributed by atoms with Crippen LogP contribution in [-0.2, 0) is 11.3 Å². The van der Waals surface area contributed by atoms with Crippen LogP contribution in [0.1, 0.15) is 28.8 Å². The Hall–Kier alpha value is -2.41. The third kappa shape index (κ3) is 5.06. The minimum atomic E-state index is -1.04. The highest BCUT2D eigenvalue weighted by molar-refractivity contribution is 8.00. The third-order valence-electron chi connectivity index (χ3n) is 3.16. The van der Waals surface area contributed by atoms with Gasteiger partial charge in [0.05, 0.1) is 18.9 Å². The Morgan fingerprint density at radius 1 is 1.29 bits per heavy atom. The number of rotatable bonds is 8. The summed E-state index contributed by atoms with van der Waals surface area (Å²) in [4.78, 5) is 23.8. The van der Waals surface area contributed by atoms with Gasteiger partial charge in [-0.05, 0) is 44.2 Å². The molecule has 1 aromatic heterocycles. The van der Waals surface area contributed by atoms with Crippen molar-refractivity contribution < 1.29 is 23.8 Å². The second-order valence-corrected chi connectivity index (χ2v) is 6.01. The van der Waals surface area contributed by atoms with E-state index in [1.54, 1.807) is 6.92 Å². The topological polar surface area (TPSA) is 88.8 Å². The van der Waals surface area contributed by atoms with E-state index in [4.69, 9.17) is 14.3 Å². The fourth-order valence-electron chi connectivity index (χ4n) is 2.03. The highest BCUT2D eigenvalue weighted by atomic mass is 32.2. The highest BCUT2D eigenvalue weighted by Crippen LogP contribution is 2.21. The molecule has 0 saturated heterocycles. The Kier molecular flexibility index (Phi) is 6.31. The van der Waals surface area contributed by atoms with E-state index in [0.29, 0.717) is 18.1 Å². The average molecular weight is 349 g/mol. The Bertz CT molecular complexity index is 708. The van der Waals surface area contributed by atoms with Crippen molar-refractivity contribution in [3.63, 3.8) is 0 Å². The van der Waals surface area contributed by atoms with Gasteiger partial charge < -0.3 is 19.6 Å². The molecule has 1 amide bonds. The van der Waals surface area contributed by atoms with Crippen molar-refractivity contribution in [3.05, 3.63) is 47.4 Å². The van der Waals surface area contributed by atoms with Crippen LogP contribution in [0.2, 0.25) is 0 Å². The molecule has 128 valence electrons. The van der Waals surface area contributed by atoms with Crippen molar-refractivity contribution in [1.82, 2.24) is 5.32 Å². The van der Waals surface area contributed by atoms with Crippen molar-refractivity contribution in [2.45, 2.75) is 25.3 Å². The number of carbonyl (C=O) groups is 2. The number of ether oxygens (including phenoxy) is 1. The predicted octanol–water partition coefficient (Wildman–Crippen LogP) is 3.09. The molecule has 0 spiro atoms. The van der Waals surface area contributed by atoms with Crippen LogP contribution in [-0.4, -0.2) is 29.3 Å². The van der Waals surface area contributed by atoms with E-state index in [9.17, 15) is 9.59 Å². The summed E-state index contributed by atoms with van der Waals surface area (Å²) in [5, 5.41) is 11.7. The average Bonchev–Trinajstić information content (AvgIpc) is 2.94. The molecule has 0 aliphatic rings. The Morgan fingerprint density at radius 3 is 2.58 bits per heavy atom. The zero-order chi connectivity index (χ0) is 17.5. The fourth-order valence-corrected chi connectivity index (χ4v) is 2.76. The van der Waals surface area contributed by atoms with Gasteiger partial charge in [0.25, 0.3) is 0 Å². The predicted molar refractivity (Wildman–Crippen MR) is 90.6 cm³/mol. The van der Waals surface area contributed by atoms with E-state index in [2.05, 4.69) is 5.32 Å². The Balaban J connectivity index is 1.79. The van der Waals surface area contributed by atoms with Crippen molar-refractivity contribution >= 4 is 23.6 Å². The second-order valence-electron chi connectivity index (χ2n) is 4.96. The molecule has 1 heterocycles. The van der Waals surface area contributed by atoms with Crippen LogP contribution in [0.15, 0.2) is 39.6 Å². The summed E-state index contributed by atoms with van der Waals surface area (Å²) in [6, 6.07) is 8.96. The van der Waals surface area contributed by atoms with Crippen LogP contribution in [0.3, 0.4) is 0 Å². The van der Waals surface area contributed by atoms with Gasteiger partial charge in [-0.15, -0.1) is 11.8 Å². The van der Waals surface area contributed by atoms with E-state index >= 15 is 0 Å². The van der Waals surface area contributed by atoms with E-state index in [1.165, 1.54) is 17.8 Å². The quantitative estimate of drug-likeness (QED) is 0.712. The standard InChI is InChI=1S/C17H19NO5S/c1-3-22-12-4-6-14(7-5-12)24-10-16(19)18-9-13-8-15(17(20)21)11(2)23-13/h4-8H,3,9-10H2,1-2H3,(H,18,19)(H,20,21). The number of carboxylic acid groups (broad SMARTS) is 1. The van der Waals surface area contributed by atoms with Gasteiger partial charge in [0.2, 0.25) is 5.91 Å². The maximum atomic E-state index is 11.9. The number of aromatic carboxylic acids is 1. The molecule has 1 aromatic carbocycles. The molecule has 2 rings (SSSR count). The molecule has 2 aromatic rings. The van der Waals surface area contributed by atoms with Crippen LogP contribution in [0.4, 0.5) is 0 Å². The van der Waals surface area contributed by atoms with Crippen LogP contribution >= 0.6 is 11.8 Å². The van der Waals surface area contributed by atoms with Crippen LogP contribution < -0.4 is 10.1 Å². The monoisotopic (exact) mass is 349 g/mol. The van der Waals surface area contributed by atoms with E-state index in [0.717, 1.165) is 10.6 Å². The van der Waals surface area contributed by atoms with Crippen molar-refractivity contribution in [2.75, 3.05) is 12.4 Å². The number of carboxylic acids is 1. The summed E-state index contributed by atoms with van der Waals surface area (Å²) in [6.45, 7) is 4.28.